The van der Waals surface area contributed by atoms with Crippen molar-refractivity contribution in [2.45, 2.75) is 20.3 Å². The number of methoxy groups -OCH3 is 1. The average molecular weight is 282 g/mol. The molecule has 1 aromatic carbocycles. The summed E-state index contributed by atoms with van der Waals surface area (Å²) in [6, 6.07) is 7.54. The number of thiol groups is 1. The van der Waals surface area contributed by atoms with Crippen LogP contribution in [-0.4, -0.2) is 25.4 Å². The van der Waals surface area contributed by atoms with E-state index in [4.69, 9.17) is 4.74 Å². The van der Waals surface area contributed by atoms with Crippen LogP contribution < -0.4 is 4.74 Å². The van der Waals surface area contributed by atoms with Crippen LogP contribution in [0.5, 0.6) is 5.75 Å². The summed E-state index contributed by atoms with van der Waals surface area (Å²) in [5.74, 6) is 2.40. The lowest BCUT2D eigenvalue weighted by Crippen LogP contribution is -2.19. The molecule has 0 radical (unpaired) electrons. The number of carbonyl (C=O) groups excluding carboxylic acids is 1. The number of hydrogen-bond acceptors (Lipinski definition) is 4. The maximum Gasteiger partial charge on any atom is 0.309 e. The van der Waals surface area contributed by atoms with Gasteiger partial charge < -0.3 is 9.47 Å². The van der Waals surface area contributed by atoms with Crippen molar-refractivity contribution >= 4 is 18.6 Å². The van der Waals surface area contributed by atoms with E-state index < -0.39 is 0 Å². The van der Waals surface area contributed by atoms with Crippen molar-refractivity contribution in [2.24, 2.45) is 11.8 Å². The molecule has 0 spiro atoms. The summed E-state index contributed by atoms with van der Waals surface area (Å²) in [5.41, 5.74) is 0.925. The molecule has 106 valence electrons. The van der Waals surface area contributed by atoms with Crippen LogP contribution in [0.15, 0.2) is 24.3 Å². The number of rotatable bonds is 7. The minimum absolute atomic E-state index is 0.233. The normalized spacial score (nSPS) is 12.3. The van der Waals surface area contributed by atoms with Crippen molar-refractivity contribution in [1.82, 2.24) is 0 Å². The van der Waals surface area contributed by atoms with Crippen molar-refractivity contribution in [1.29, 1.82) is 0 Å². The molecular weight excluding hydrogens is 260 g/mol. The Bertz CT molecular complexity index is 387. The smallest absolute Gasteiger partial charge is 0.309 e. The van der Waals surface area contributed by atoms with E-state index in [2.05, 4.69) is 31.2 Å². The second kappa shape index (κ2) is 8.10. The standard InChI is InChI=1S/C15H22O3S/c1-11(2)13(10-19)9-18-14-6-4-12(5-7-14)8-15(16)17-3/h4-7,11,13,19H,8-10H2,1-3H3. The first-order valence-corrected chi connectivity index (χ1v) is 7.09. The first-order chi connectivity index (χ1) is 9.06. The molecule has 0 saturated heterocycles. The zero-order chi connectivity index (χ0) is 14.3. The molecule has 19 heavy (non-hydrogen) atoms. The van der Waals surface area contributed by atoms with Crippen molar-refractivity contribution in [3.8, 4) is 5.75 Å². The highest BCUT2D eigenvalue weighted by Crippen LogP contribution is 2.17. The molecule has 0 fully saturated rings. The number of ether oxygens (including phenoxy) is 2. The second-order valence-electron chi connectivity index (χ2n) is 4.89. The molecule has 0 heterocycles. The van der Waals surface area contributed by atoms with Crippen molar-refractivity contribution < 1.29 is 14.3 Å². The van der Waals surface area contributed by atoms with E-state index in [0.717, 1.165) is 17.1 Å². The predicted molar refractivity (Wildman–Crippen MR) is 79.8 cm³/mol. The molecule has 1 unspecified atom stereocenters. The summed E-state index contributed by atoms with van der Waals surface area (Å²) < 4.78 is 10.4. The molecular formula is C15H22O3S. The molecule has 0 aromatic heterocycles. The highest BCUT2D eigenvalue weighted by molar-refractivity contribution is 7.80. The SMILES string of the molecule is COC(=O)Cc1ccc(OCC(CS)C(C)C)cc1. The molecule has 0 aliphatic rings. The van der Waals surface area contributed by atoms with E-state index in [9.17, 15) is 4.79 Å². The van der Waals surface area contributed by atoms with Crippen LogP contribution in [0, 0.1) is 11.8 Å². The lowest BCUT2D eigenvalue weighted by atomic mass is 9.99. The van der Waals surface area contributed by atoms with Gasteiger partial charge in [-0.1, -0.05) is 26.0 Å². The largest absolute Gasteiger partial charge is 0.493 e. The molecule has 1 rings (SSSR count). The van der Waals surface area contributed by atoms with E-state index in [1.54, 1.807) is 0 Å². The second-order valence-corrected chi connectivity index (χ2v) is 5.26. The number of hydrogen-bond donors (Lipinski definition) is 1. The van der Waals surface area contributed by atoms with Gasteiger partial charge in [0, 0.05) is 5.92 Å². The third kappa shape index (κ3) is 5.55. The van der Waals surface area contributed by atoms with Crippen molar-refractivity contribution in [2.75, 3.05) is 19.5 Å². The van der Waals surface area contributed by atoms with Gasteiger partial charge in [0.2, 0.25) is 0 Å². The lowest BCUT2D eigenvalue weighted by molar-refractivity contribution is -0.139. The monoisotopic (exact) mass is 282 g/mol. The Balaban J connectivity index is 2.50. The molecule has 0 bridgehead atoms. The number of benzene rings is 1. The third-order valence-corrected chi connectivity index (χ3v) is 3.61. The molecule has 0 amide bonds. The average Bonchev–Trinajstić information content (AvgIpc) is 2.40. The first-order valence-electron chi connectivity index (χ1n) is 6.46. The van der Waals surface area contributed by atoms with Crippen LogP contribution in [0.25, 0.3) is 0 Å². The van der Waals surface area contributed by atoms with Gasteiger partial charge in [0.25, 0.3) is 0 Å². The zero-order valence-electron chi connectivity index (χ0n) is 11.8. The van der Waals surface area contributed by atoms with Gasteiger partial charge >= 0.3 is 5.97 Å². The van der Waals surface area contributed by atoms with Crippen molar-refractivity contribution in [3.63, 3.8) is 0 Å². The predicted octanol–water partition coefficient (Wildman–Crippen LogP) is 2.98. The summed E-state index contributed by atoms with van der Waals surface area (Å²) in [5, 5.41) is 0. The Hall–Kier alpha value is -1.16. The highest BCUT2D eigenvalue weighted by Gasteiger charge is 2.12. The van der Waals surface area contributed by atoms with Crippen LogP contribution in [-0.2, 0) is 16.0 Å². The molecule has 3 nitrogen and oxygen atoms in total. The van der Waals surface area contributed by atoms with Gasteiger partial charge in [0.1, 0.15) is 5.75 Å². The summed E-state index contributed by atoms with van der Waals surface area (Å²) >= 11 is 4.33. The fraction of sp³-hybridized carbons (Fsp3) is 0.533. The Morgan fingerprint density at radius 1 is 1.26 bits per heavy atom. The van der Waals surface area contributed by atoms with E-state index in [1.807, 2.05) is 24.3 Å². The number of esters is 1. The van der Waals surface area contributed by atoms with Gasteiger partial charge in [-0.15, -0.1) is 0 Å². The maximum absolute atomic E-state index is 11.1. The molecule has 0 aliphatic carbocycles. The Morgan fingerprint density at radius 2 is 1.89 bits per heavy atom. The van der Waals surface area contributed by atoms with Gasteiger partial charge in [-0.3, -0.25) is 4.79 Å². The minimum Gasteiger partial charge on any atom is -0.493 e. The number of carbonyl (C=O) groups is 1. The van der Waals surface area contributed by atoms with E-state index in [-0.39, 0.29) is 5.97 Å². The highest BCUT2D eigenvalue weighted by atomic mass is 32.1. The fourth-order valence-electron chi connectivity index (χ4n) is 1.60. The van der Waals surface area contributed by atoms with Crippen LogP contribution in [0.4, 0.5) is 0 Å². The van der Waals surface area contributed by atoms with Crippen LogP contribution in [0.3, 0.4) is 0 Å². The topological polar surface area (TPSA) is 35.5 Å². The van der Waals surface area contributed by atoms with E-state index in [1.165, 1.54) is 7.11 Å². The third-order valence-electron chi connectivity index (χ3n) is 3.14. The molecule has 4 heteroatoms. The van der Waals surface area contributed by atoms with E-state index in [0.29, 0.717) is 24.9 Å². The summed E-state index contributed by atoms with van der Waals surface area (Å²) in [7, 11) is 1.39. The van der Waals surface area contributed by atoms with Crippen LogP contribution in [0.2, 0.25) is 0 Å². The first kappa shape index (κ1) is 15.9. The van der Waals surface area contributed by atoms with E-state index >= 15 is 0 Å². The van der Waals surface area contributed by atoms with Crippen LogP contribution in [0.1, 0.15) is 19.4 Å². The molecule has 1 atom stereocenters. The quantitative estimate of drug-likeness (QED) is 0.617. The molecule has 0 saturated carbocycles. The Kier molecular flexibility index (Phi) is 6.78. The van der Waals surface area contributed by atoms with Gasteiger partial charge in [0.05, 0.1) is 20.1 Å². The molecule has 0 N–H and O–H groups in total. The van der Waals surface area contributed by atoms with Crippen molar-refractivity contribution in [3.05, 3.63) is 29.8 Å². The van der Waals surface area contributed by atoms with Gasteiger partial charge in [-0.2, -0.15) is 12.6 Å². The molecule has 0 aliphatic heterocycles. The fourth-order valence-corrected chi connectivity index (χ4v) is 2.13. The summed E-state index contributed by atoms with van der Waals surface area (Å²) in [6.07, 6.45) is 0.294. The van der Waals surface area contributed by atoms with Gasteiger partial charge in [0.15, 0.2) is 0 Å². The molecule has 1 aromatic rings. The van der Waals surface area contributed by atoms with Gasteiger partial charge in [-0.05, 0) is 29.4 Å². The van der Waals surface area contributed by atoms with Crippen LogP contribution >= 0.6 is 12.6 Å². The Labute approximate surface area is 120 Å². The summed E-state index contributed by atoms with van der Waals surface area (Å²) in [6.45, 7) is 5.00. The lowest BCUT2D eigenvalue weighted by Gasteiger charge is -2.19. The van der Waals surface area contributed by atoms with Gasteiger partial charge in [-0.25, -0.2) is 0 Å². The minimum atomic E-state index is -0.233. The Morgan fingerprint density at radius 3 is 2.37 bits per heavy atom. The maximum atomic E-state index is 11.1. The zero-order valence-corrected chi connectivity index (χ0v) is 12.7. The summed E-state index contributed by atoms with van der Waals surface area (Å²) in [4.78, 5) is 11.1.